The molecule has 19 heavy (non-hydrogen) atoms. The van der Waals surface area contributed by atoms with Crippen molar-refractivity contribution in [3.63, 3.8) is 0 Å². The van der Waals surface area contributed by atoms with Gasteiger partial charge in [0.15, 0.2) is 0 Å². The van der Waals surface area contributed by atoms with Crippen molar-refractivity contribution < 1.29 is 9.53 Å². The number of nitrogens with one attached hydrogen (secondary N) is 1. The van der Waals surface area contributed by atoms with Gasteiger partial charge in [-0.25, -0.2) is 0 Å². The van der Waals surface area contributed by atoms with Crippen LogP contribution in [-0.2, 0) is 4.79 Å². The van der Waals surface area contributed by atoms with Crippen LogP contribution in [-0.4, -0.2) is 13.0 Å². The van der Waals surface area contributed by atoms with Gasteiger partial charge in [-0.2, -0.15) is 0 Å². The number of amides is 1. The third-order valence-electron chi connectivity index (χ3n) is 4.59. The lowest BCUT2D eigenvalue weighted by Crippen LogP contribution is -2.25. The molecule has 1 aliphatic heterocycles. The minimum Gasteiger partial charge on any atom is -0.495 e. The second kappa shape index (κ2) is 4.87. The average Bonchev–Trinajstić information content (AvgIpc) is 2.74. The highest BCUT2D eigenvalue weighted by molar-refractivity contribution is 6.04. The van der Waals surface area contributed by atoms with Crippen molar-refractivity contribution in [3.05, 3.63) is 23.8 Å². The summed E-state index contributed by atoms with van der Waals surface area (Å²) in [7, 11) is 1.65. The molecule has 0 radical (unpaired) electrons. The molecule has 1 aromatic carbocycles. The molecular weight excluding hydrogens is 238 g/mol. The van der Waals surface area contributed by atoms with Crippen LogP contribution in [0, 0.1) is 11.8 Å². The average molecular weight is 259 g/mol. The largest absolute Gasteiger partial charge is 0.495 e. The summed E-state index contributed by atoms with van der Waals surface area (Å²) >= 11 is 0. The summed E-state index contributed by atoms with van der Waals surface area (Å²) in [5, 5.41) is 3.02. The molecule has 102 valence electrons. The highest BCUT2D eigenvalue weighted by Crippen LogP contribution is 2.47. The second-order valence-corrected chi connectivity index (χ2v) is 5.92. The van der Waals surface area contributed by atoms with Crippen LogP contribution in [0.4, 0.5) is 5.69 Å². The molecule has 3 atom stereocenters. The maximum atomic E-state index is 12.3. The predicted octanol–water partition coefficient (Wildman–Crippen LogP) is 3.56. The van der Waals surface area contributed by atoms with Crippen molar-refractivity contribution >= 4 is 11.6 Å². The Morgan fingerprint density at radius 2 is 2.16 bits per heavy atom. The fraction of sp³-hybridized carbons (Fsp3) is 0.562. The van der Waals surface area contributed by atoms with Gasteiger partial charge >= 0.3 is 0 Å². The van der Waals surface area contributed by atoms with Crippen LogP contribution in [0.25, 0.3) is 0 Å². The van der Waals surface area contributed by atoms with E-state index in [4.69, 9.17) is 4.74 Å². The van der Waals surface area contributed by atoms with Crippen LogP contribution in [0.3, 0.4) is 0 Å². The van der Waals surface area contributed by atoms with Crippen LogP contribution < -0.4 is 10.1 Å². The van der Waals surface area contributed by atoms with E-state index < -0.39 is 0 Å². The van der Waals surface area contributed by atoms with Crippen LogP contribution >= 0.6 is 0 Å². The zero-order valence-corrected chi connectivity index (χ0v) is 11.6. The lowest BCUT2D eigenvalue weighted by atomic mass is 9.74. The first-order valence-electron chi connectivity index (χ1n) is 7.18. The quantitative estimate of drug-likeness (QED) is 0.882. The topological polar surface area (TPSA) is 38.3 Å². The first-order valence-corrected chi connectivity index (χ1v) is 7.18. The summed E-state index contributed by atoms with van der Waals surface area (Å²) in [5.41, 5.74) is 2.02. The molecule has 1 heterocycles. The zero-order valence-electron chi connectivity index (χ0n) is 11.6. The highest BCUT2D eigenvalue weighted by atomic mass is 16.5. The van der Waals surface area contributed by atoms with Crippen LogP contribution in [0.5, 0.6) is 5.75 Å². The van der Waals surface area contributed by atoms with Gasteiger partial charge in [-0.15, -0.1) is 0 Å². The Kier molecular flexibility index (Phi) is 3.21. The van der Waals surface area contributed by atoms with E-state index in [0.29, 0.717) is 5.92 Å². The number of rotatable bonds is 2. The van der Waals surface area contributed by atoms with Gasteiger partial charge in [-0.05, 0) is 36.3 Å². The van der Waals surface area contributed by atoms with Gasteiger partial charge < -0.3 is 10.1 Å². The first-order chi connectivity index (χ1) is 9.20. The minimum absolute atomic E-state index is 0.0212. The van der Waals surface area contributed by atoms with Gasteiger partial charge in [0.1, 0.15) is 5.75 Å². The molecule has 3 rings (SSSR count). The summed E-state index contributed by atoms with van der Waals surface area (Å²) < 4.78 is 5.35. The predicted molar refractivity (Wildman–Crippen MR) is 75.5 cm³/mol. The Bertz CT molecular complexity index is 498. The van der Waals surface area contributed by atoms with Gasteiger partial charge in [-0.1, -0.05) is 31.9 Å². The van der Waals surface area contributed by atoms with E-state index in [9.17, 15) is 4.79 Å². The fourth-order valence-corrected chi connectivity index (χ4v) is 3.71. The Balaban J connectivity index is 1.94. The molecule has 1 amide bonds. The molecule has 3 heteroatoms. The maximum Gasteiger partial charge on any atom is 0.232 e. The van der Waals surface area contributed by atoms with Gasteiger partial charge in [0, 0.05) is 0 Å². The van der Waals surface area contributed by atoms with Crippen molar-refractivity contribution in [1.82, 2.24) is 0 Å². The molecule has 0 aromatic heterocycles. The number of carbonyl (C=O) groups excluding carboxylic acids is 1. The molecule has 0 spiro atoms. The maximum absolute atomic E-state index is 12.3. The molecule has 1 aromatic rings. The van der Waals surface area contributed by atoms with E-state index in [0.717, 1.165) is 29.3 Å². The van der Waals surface area contributed by atoms with Crippen LogP contribution in [0.1, 0.15) is 44.1 Å². The molecule has 3 unspecified atom stereocenters. The molecular formula is C16H21NO2. The Morgan fingerprint density at radius 1 is 1.32 bits per heavy atom. The third-order valence-corrected chi connectivity index (χ3v) is 4.59. The number of hydrogen-bond acceptors (Lipinski definition) is 2. The fourth-order valence-electron chi connectivity index (χ4n) is 3.71. The number of carbonyl (C=O) groups is 1. The van der Waals surface area contributed by atoms with Gasteiger partial charge in [0.05, 0.1) is 18.7 Å². The summed E-state index contributed by atoms with van der Waals surface area (Å²) in [6.07, 6.45) is 4.87. The van der Waals surface area contributed by atoms with Gasteiger partial charge in [0.25, 0.3) is 0 Å². The number of fused-ring (bicyclic) bond motifs is 1. The van der Waals surface area contributed by atoms with Crippen LogP contribution in [0.2, 0.25) is 0 Å². The summed E-state index contributed by atoms with van der Waals surface area (Å²) in [6, 6.07) is 5.96. The molecule has 1 aliphatic carbocycles. The molecule has 1 saturated carbocycles. The highest BCUT2D eigenvalue weighted by Gasteiger charge is 2.39. The van der Waals surface area contributed by atoms with Crippen molar-refractivity contribution in [2.75, 3.05) is 12.4 Å². The first kappa shape index (κ1) is 12.5. The summed E-state index contributed by atoms with van der Waals surface area (Å²) in [6.45, 7) is 2.30. The number of anilines is 1. The van der Waals surface area contributed by atoms with Gasteiger partial charge in [-0.3, -0.25) is 4.79 Å². The van der Waals surface area contributed by atoms with E-state index in [1.165, 1.54) is 19.3 Å². The standard InChI is InChI=1S/C16H21NO2/c1-10-5-3-6-11(9-10)14-12-7-4-8-13(19-2)15(12)17-16(14)18/h4,7-8,10-11,14H,3,5-6,9H2,1-2H3,(H,17,18). The normalized spacial score (nSPS) is 29.8. The van der Waals surface area contributed by atoms with Crippen molar-refractivity contribution in [1.29, 1.82) is 0 Å². The Hall–Kier alpha value is -1.51. The number of hydrogen-bond donors (Lipinski definition) is 1. The van der Waals surface area contributed by atoms with E-state index in [2.05, 4.69) is 18.3 Å². The summed E-state index contributed by atoms with van der Waals surface area (Å²) in [4.78, 5) is 12.3. The second-order valence-electron chi connectivity index (χ2n) is 5.92. The number of ether oxygens (including phenoxy) is 1. The van der Waals surface area contributed by atoms with Crippen LogP contribution in [0.15, 0.2) is 18.2 Å². The molecule has 1 N–H and O–H groups in total. The van der Waals surface area contributed by atoms with Gasteiger partial charge in [0.2, 0.25) is 5.91 Å². The third kappa shape index (κ3) is 2.11. The molecule has 2 aliphatic rings. The zero-order chi connectivity index (χ0) is 13.4. The van der Waals surface area contributed by atoms with E-state index >= 15 is 0 Å². The Labute approximate surface area is 114 Å². The summed E-state index contributed by atoms with van der Waals surface area (Å²) in [5.74, 6) is 2.17. The lowest BCUT2D eigenvalue weighted by Gasteiger charge is -2.30. The van der Waals surface area contributed by atoms with E-state index in [-0.39, 0.29) is 11.8 Å². The number of benzene rings is 1. The smallest absolute Gasteiger partial charge is 0.232 e. The van der Waals surface area contributed by atoms with Crippen molar-refractivity contribution in [2.24, 2.45) is 11.8 Å². The monoisotopic (exact) mass is 259 g/mol. The minimum atomic E-state index is 0.0212. The molecule has 0 saturated heterocycles. The lowest BCUT2D eigenvalue weighted by molar-refractivity contribution is -0.118. The number of methoxy groups -OCH3 is 1. The van der Waals surface area contributed by atoms with Crippen molar-refractivity contribution in [2.45, 2.75) is 38.5 Å². The SMILES string of the molecule is COc1cccc2c1NC(=O)C2C1CCCC(C)C1. The molecule has 0 bridgehead atoms. The Morgan fingerprint density at radius 3 is 2.89 bits per heavy atom. The molecule has 3 nitrogen and oxygen atoms in total. The molecule has 1 fully saturated rings. The van der Waals surface area contributed by atoms with E-state index in [1.807, 2.05) is 12.1 Å². The van der Waals surface area contributed by atoms with E-state index in [1.54, 1.807) is 7.11 Å². The number of para-hydroxylation sites is 1. The van der Waals surface area contributed by atoms with Crippen molar-refractivity contribution in [3.8, 4) is 5.75 Å².